The van der Waals surface area contributed by atoms with Crippen molar-refractivity contribution in [3.63, 3.8) is 0 Å². The van der Waals surface area contributed by atoms with Gasteiger partial charge in [-0.25, -0.2) is 9.18 Å². The molecule has 110 valence electrons. The summed E-state index contributed by atoms with van der Waals surface area (Å²) in [5.74, 6) is -0.438. The van der Waals surface area contributed by atoms with Crippen LogP contribution in [-0.2, 0) is 19.0 Å². The van der Waals surface area contributed by atoms with Crippen molar-refractivity contribution in [2.24, 2.45) is 0 Å². The fourth-order valence-corrected chi connectivity index (χ4v) is 2.41. The lowest BCUT2D eigenvalue weighted by atomic mass is 10.2. The van der Waals surface area contributed by atoms with Crippen LogP contribution in [-0.4, -0.2) is 40.0 Å². The van der Waals surface area contributed by atoms with Crippen molar-refractivity contribution >= 4 is 44.5 Å². The van der Waals surface area contributed by atoms with Crippen LogP contribution in [0.15, 0.2) is 18.2 Å². The molecule has 0 N–H and O–H groups in total. The van der Waals surface area contributed by atoms with Gasteiger partial charge in [0.15, 0.2) is 0 Å². The number of halogens is 2. The van der Waals surface area contributed by atoms with Crippen LogP contribution < -0.4 is 4.90 Å². The first-order valence-electron chi connectivity index (χ1n) is 5.54. The molecule has 2 rings (SSSR count). The van der Waals surface area contributed by atoms with E-state index >= 15 is 0 Å². The van der Waals surface area contributed by atoms with Gasteiger partial charge >= 0.3 is 6.09 Å². The van der Waals surface area contributed by atoms with E-state index in [0.29, 0.717) is 9.26 Å². The largest absolute Gasteiger partial charge is 0.441 e. The van der Waals surface area contributed by atoms with Gasteiger partial charge in [-0.15, -0.1) is 0 Å². The summed E-state index contributed by atoms with van der Waals surface area (Å²) in [6, 6.07) is 4.35. The maximum absolute atomic E-state index is 13.5. The first kappa shape index (κ1) is 15.4. The highest BCUT2D eigenvalue weighted by molar-refractivity contribution is 14.1. The minimum atomic E-state index is -3.59. The Morgan fingerprint density at radius 1 is 1.55 bits per heavy atom. The van der Waals surface area contributed by atoms with Crippen LogP contribution in [0.25, 0.3) is 0 Å². The molecule has 0 saturated carbocycles. The lowest BCUT2D eigenvalue weighted by Crippen LogP contribution is -2.26. The molecule has 1 fully saturated rings. The average Bonchev–Trinajstić information content (AvgIpc) is 2.71. The number of rotatable bonds is 4. The smallest absolute Gasteiger partial charge is 0.414 e. The minimum absolute atomic E-state index is 0.106. The molecule has 1 unspecified atom stereocenters. The van der Waals surface area contributed by atoms with E-state index in [0.717, 1.165) is 6.26 Å². The van der Waals surface area contributed by atoms with Gasteiger partial charge in [0.2, 0.25) is 0 Å². The highest BCUT2D eigenvalue weighted by Gasteiger charge is 2.33. The van der Waals surface area contributed by atoms with E-state index in [2.05, 4.69) is 4.18 Å². The van der Waals surface area contributed by atoms with E-state index in [4.69, 9.17) is 4.74 Å². The predicted octanol–water partition coefficient (Wildman–Crippen LogP) is 1.73. The molecule has 1 aliphatic heterocycles. The number of benzene rings is 1. The second-order valence-electron chi connectivity index (χ2n) is 4.20. The molecule has 6 nitrogen and oxygen atoms in total. The van der Waals surface area contributed by atoms with Crippen molar-refractivity contribution in [3.8, 4) is 0 Å². The van der Waals surface area contributed by atoms with Gasteiger partial charge in [0.25, 0.3) is 10.1 Å². The summed E-state index contributed by atoms with van der Waals surface area (Å²) in [4.78, 5) is 12.9. The van der Waals surface area contributed by atoms with Gasteiger partial charge in [-0.05, 0) is 40.8 Å². The molecule has 20 heavy (non-hydrogen) atoms. The highest BCUT2D eigenvalue weighted by atomic mass is 127. The van der Waals surface area contributed by atoms with Crippen molar-refractivity contribution in [2.75, 3.05) is 24.3 Å². The Balaban J connectivity index is 2.07. The number of nitrogens with zero attached hydrogens (tertiary/aromatic N) is 1. The first-order chi connectivity index (χ1) is 9.26. The van der Waals surface area contributed by atoms with Crippen molar-refractivity contribution in [2.45, 2.75) is 6.10 Å². The lowest BCUT2D eigenvalue weighted by molar-refractivity contribution is 0.107. The molecular weight excluding hydrogens is 404 g/mol. The normalized spacial score (nSPS) is 19.2. The van der Waals surface area contributed by atoms with E-state index in [1.54, 1.807) is 12.1 Å². The van der Waals surface area contributed by atoms with E-state index in [9.17, 15) is 17.6 Å². The summed E-state index contributed by atoms with van der Waals surface area (Å²) in [5, 5.41) is 0. The number of anilines is 1. The number of amides is 1. The molecule has 1 aromatic carbocycles. The Morgan fingerprint density at radius 3 is 2.85 bits per heavy atom. The molecule has 0 aromatic heterocycles. The van der Waals surface area contributed by atoms with Crippen LogP contribution in [0.3, 0.4) is 0 Å². The fraction of sp³-hybridized carbons (Fsp3) is 0.364. The predicted molar refractivity (Wildman–Crippen MR) is 77.5 cm³/mol. The maximum Gasteiger partial charge on any atom is 0.414 e. The Kier molecular flexibility index (Phi) is 4.49. The quantitative estimate of drug-likeness (QED) is 0.554. The van der Waals surface area contributed by atoms with E-state index < -0.39 is 28.1 Å². The van der Waals surface area contributed by atoms with Gasteiger partial charge < -0.3 is 4.74 Å². The maximum atomic E-state index is 13.5. The van der Waals surface area contributed by atoms with Gasteiger partial charge in [-0.2, -0.15) is 8.42 Å². The van der Waals surface area contributed by atoms with Crippen molar-refractivity contribution < 1.29 is 26.5 Å². The Hall–Kier alpha value is -0.940. The zero-order valence-electron chi connectivity index (χ0n) is 10.4. The Bertz CT molecular complexity index is 636. The zero-order chi connectivity index (χ0) is 14.9. The number of hydrogen-bond acceptors (Lipinski definition) is 5. The molecule has 0 spiro atoms. The third-order valence-corrected chi connectivity index (χ3v) is 4.00. The minimum Gasteiger partial charge on any atom is -0.441 e. The summed E-state index contributed by atoms with van der Waals surface area (Å²) in [6.45, 7) is -0.150. The number of carbonyl (C=O) groups excluding carboxylic acids is 1. The summed E-state index contributed by atoms with van der Waals surface area (Å²) < 4.78 is 45.2. The molecular formula is C11H11FINO5S. The third-order valence-electron chi connectivity index (χ3n) is 2.56. The molecule has 0 bridgehead atoms. The van der Waals surface area contributed by atoms with Gasteiger partial charge in [-0.1, -0.05) is 0 Å². The van der Waals surface area contributed by atoms with Gasteiger partial charge in [0.05, 0.1) is 18.5 Å². The Morgan fingerprint density at radius 2 is 2.25 bits per heavy atom. The number of carbonyl (C=O) groups is 1. The van der Waals surface area contributed by atoms with Crippen LogP contribution in [0.2, 0.25) is 0 Å². The highest BCUT2D eigenvalue weighted by Crippen LogP contribution is 2.24. The molecule has 0 radical (unpaired) electrons. The summed E-state index contributed by atoms with van der Waals surface area (Å²) >= 11 is 1.84. The lowest BCUT2D eigenvalue weighted by Gasteiger charge is -2.13. The molecule has 9 heteroatoms. The van der Waals surface area contributed by atoms with Crippen LogP contribution >= 0.6 is 22.6 Å². The summed E-state index contributed by atoms with van der Waals surface area (Å²) in [6.07, 6.45) is -0.456. The topological polar surface area (TPSA) is 72.9 Å². The molecule has 1 atom stereocenters. The third kappa shape index (κ3) is 3.79. The number of cyclic esters (lactones) is 1. The van der Waals surface area contributed by atoms with E-state index in [1.807, 2.05) is 22.6 Å². The second-order valence-corrected chi connectivity index (χ2v) is 7.01. The average molecular weight is 415 g/mol. The van der Waals surface area contributed by atoms with Crippen LogP contribution in [0.5, 0.6) is 0 Å². The molecule has 1 amide bonds. The monoisotopic (exact) mass is 415 g/mol. The Labute approximate surface area is 129 Å². The second kappa shape index (κ2) is 5.82. The first-order valence-corrected chi connectivity index (χ1v) is 8.43. The molecule has 1 aromatic rings. The standard InChI is InChI=1S/C11H11FINO5S/c1-20(16,17)18-6-8-5-14(11(15)19-8)7-2-3-10(13)9(12)4-7/h2-4,8H,5-6H2,1H3. The van der Waals surface area contributed by atoms with Crippen molar-refractivity contribution in [1.29, 1.82) is 0 Å². The molecule has 1 aliphatic rings. The molecule has 1 heterocycles. The van der Waals surface area contributed by atoms with E-state index in [-0.39, 0.29) is 13.2 Å². The molecule has 1 saturated heterocycles. The van der Waals surface area contributed by atoms with Crippen molar-refractivity contribution in [1.82, 2.24) is 0 Å². The zero-order valence-corrected chi connectivity index (χ0v) is 13.4. The number of ether oxygens (including phenoxy) is 1. The summed E-state index contributed by atoms with van der Waals surface area (Å²) in [5.41, 5.74) is 0.356. The summed E-state index contributed by atoms with van der Waals surface area (Å²) in [7, 11) is -3.59. The number of hydrogen-bond donors (Lipinski definition) is 0. The van der Waals surface area contributed by atoms with Gasteiger partial charge in [0, 0.05) is 3.57 Å². The van der Waals surface area contributed by atoms with Crippen molar-refractivity contribution in [3.05, 3.63) is 27.6 Å². The van der Waals surface area contributed by atoms with Crippen LogP contribution in [0.1, 0.15) is 0 Å². The van der Waals surface area contributed by atoms with Gasteiger partial charge in [-0.3, -0.25) is 9.08 Å². The van der Waals surface area contributed by atoms with Gasteiger partial charge in [0.1, 0.15) is 18.5 Å². The van der Waals surface area contributed by atoms with Crippen LogP contribution in [0, 0.1) is 9.39 Å². The molecule has 0 aliphatic carbocycles. The van der Waals surface area contributed by atoms with Crippen LogP contribution in [0.4, 0.5) is 14.9 Å². The SMILES string of the molecule is CS(=O)(=O)OCC1CN(c2ccc(I)c(F)c2)C(=O)O1. The van der Waals surface area contributed by atoms with E-state index in [1.165, 1.54) is 11.0 Å². The fourth-order valence-electron chi connectivity index (χ4n) is 1.67.